The largest absolute Gasteiger partial charge is 0.480 e. The number of carboxylic acids is 1. The summed E-state index contributed by atoms with van der Waals surface area (Å²) in [6.07, 6.45) is 9.64. The van der Waals surface area contributed by atoms with E-state index in [1.165, 1.54) is 17.6 Å². The average Bonchev–Trinajstić information content (AvgIpc) is 4.03. The minimum atomic E-state index is -3.10. The number of carbonyl (C=O) groups excluding carboxylic acids is 4. The van der Waals surface area contributed by atoms with E-state index in [0.717, 1.165) is 47.0 Å². The molecule has 4 N–H and O–H groups in total. The number of hydrogen-bond donors (Lipinski definition) is 3. The highest BCUT2D eigenvalue weighted by Crippen LogP contribution is 2.41. The van der Waals surface area contributed by atoms with Gasteiger partial charge in [-0.1, -0.05) is 65.8 Å². The van der Waals surface area contributed by atoms with E-state index in [2.05, 4.69) is 18.9 Å². The first-order valence-corrected chi connectivity index (χ1v) is 26.6. The number of carbonyl (C=O) groups is 5. The van der Waals surface area contributed by atoms with E-state index < -0.39 is 53.7 Å². The fraction of sp³-hybridized carbons (Fsp3) is 0.490. The van der Waals surface area contributed by atoms with E-state index in [9.17, 15) is 32.9 Å². The van der Waals surface area contributed by atoms with Crippen LogP contribution in [0.15, 0.2) is 64.3 Å². The van der Waals surface area contributed by atoms with Gasteiger partial charge in [0.05, 0.1) is 41.9 Å². The second-order valence-corrected chi connectivity index (χ2v) is 21.6. The lowest BCUT2D eigenvalue weighted by Gasteiger charge is -2.31. The predicted molar refractivity (Wildman–Crippen MR) is 273 cm³/mol. The number of nitrogens with zero attached hydrogens (tertiary/aromatic N) is 3. The van der Waals surface area contributed by atoms with Crippen molar-refractivity contribution in [3.05, 3.63) is 87.6 Å². The van der Waals surface area contributed by atoms with Gasteiger partial charge in [0.15, 0.2) is 18.3 Å². The monoisotopic (exact) mass is 1090 g/mol. The second-order valence-electron chi connectivity index (χ2n) is 17.2. The minimum Gasteiger partial charge on any atom is -0.480 e. The molecule has 0 spiro atoms. The molecule has 71 heavy (non-hydrogen) atoms. The molecule has 2 aromatic carbocycles. The highest BCUT2D eigenvalue weighted by atomic mass is 35.5. The number of benzene rings is 2. The van der Waals surface area contributed by atoms with E-state index in [0.29, 0.717) is 42.9 Å². The first kappa shape index (κ1) is 60.8. The van der Waals surface area contributed by atoms with Gasteiger partial charge in [-0.3, -0.25) is 28.5 Å². The van der Waals surface area contributed by atoms with Crippen LogP contribution in [0, 0.1) is 25.1 Å². The molecule has 0 bridgehead atoms. The summed E-state index contributed by atoms with van der Waals surface area (Å²) >= 11 is 22.9. The summed E-state index contributed by atoms with van der Waals surface area (Å²) in [5.41, 5.74) is 8.37. The number of rotatable bonds is 15. The SMILES string of the molecule is C#CC(C)Oc1cc(N2C(=O)C3=C(CCCC3)C2=O)c(F)cc1Cl.CC1(C)OC(c2ccco2)CN1C(=O)C(Cl)Cl.CCc1cccc(C)c1N(C(=O)CCl)C(C)COC.CP(=O)(O)CCC(N)C(=O)O. The van der Waals surface area contributed by atoms with Crippen molar-refractivity contribution in [2.24, 2.45) is 5.73 Å². The van der Waals surface area contributed by atoms with Gasteiger partial charge in [0.2, 0.25) is 5.91 Å². The zero-order valence-corrected chi connectivity index (χ0v) is 44.8. The van der Waals surface area contributed by atoms with Gasteiger partial charge < -0.3 is 44.2 Å². The molecule has 5 atom stereocenters. The average molecular weight is 1090 g/mol. The minimum absolute atomic E-state index is 0.0223. The highest BCUT2D eigenvalue weighted by Gasteiger charge is 2.45. The van der Waals surface area contributed by atoms with Crippen LogP contribution >= 0.6 is 53.8 Å². The molecule has 5 unspecified atom stereocenters. The van der Waals surface area contributed by atoms with Crippen LogP contribution in [-0.2, 0) is 44.4 Å². The fourth-order valence-corrected chi connectivity index (χ4v) is 9.03. The summed E-state index contributed by atoms with van der Waals surface area (Å²) in [6.45, 7) is 13.3. The zero-order chi connectivity index (χ0) is 53.5. The molecule has 0 saturated carbocycles. The molecular formula is C49H62Cl4FN4O12P. The van der Waals surface area contributed by atoms with Crippen molar-refractivity contribution >= 4 is 94.7 Å². The van der Waals surface area contributed by atoms with E-state index in [1.54, 1.807) is 45.1 Å². The molecule has 6 rings (SSSR count). The maximum absolute atomic E-state index is 14.4. The molecule has 4 amide bonds. The lowest BCUT2D eigenvalue weighted by molar-refractivity contribution is -0.144. The number of ether oxygens (including phenoxy) is 3. The van der Waals surface area contributed by atoms with Crippen molar-refractivity contribution in [3.63, 3.8) is 0 Å². The van der Waals surface area contributed by atoms with E-state index in [1.807, 2.05) is 32.0 Å². The molecule has 22 heteroatoms. The van der Waals surface area contributed by atoms with Gasteiger partial charge >= 0.3 is 5.97 Å². The number of terminal acetylenes is 1. The lowest BCUT2D eigenvalue weighted by Crippen LogP contribution is -2.45. The molecule has 1 saturated heterocycles. The van der Waals surface area contributed by atoms with Crippen LogP contribution in [0.4, 0.5) is 15.8 Å². The van der Waals surface area contributed by atoms with Crippen molar-refractivity contribution in [2.75, 3.05) is 48.8 Å². The molecule has 3 aliphatic rings. The van der Waals surface area contributed by atoms with Gasteiger partial charge in [0, 0.05) is 37.1 Å². The molecule has 1 fully saturated rings. The van der Waals surface area contributed by atoms with E-state index >= 15 is 0 Å². The predicted octanol–water partition coefficient (Wildman–Crippen LogP) is 9.20. The molecule has 390 valence electrons. The third kappa shape index (κ3) is 16.8. The van der Waals surface area contributed by atoms with E-state index in [4.69, 9.17) is 87.2 Å². The van der Waals surface area contributed by atoms with Gasteiger partial charge in [-0.25, -0.2) is 9.29 Å². The smallest absolute Gasteiger partial charge is 0.320 e. The van der Waals surface area contributed by atoms with Crippen LogP contribution < -0.4 is 20.3 Å². The number of furan rings is 1. The lowest BCUT2D eigenvalue weighted by atomic mass is 9.93. The Bertz CT molecular complexity index is 2450. The summed E-state index contributed by atoms with van der Waals surface area (Å²) < 4.78 is 46.7. The number of aryl methyl sites for hydroxylation is 2. The number of alkyl halides is 3. The zero-order valence-electron chi connectivity index (χ0n) is 40.9. The van der Waals surface area contributed by atoms with Crippen LogP contribution in [0.5, 0.6) is 5.75 Å². The quantitative estimate of drug-likeness (QED) is 0.0560. The standard InChI is InChI=1S/C18H15ClFNO3.C15H22ClNO2.C11H13Cl2NO3.C5H12NO4P/c1-3-10(2)24-16-9-15(14(20)8-13(16)19)21-17(22)11-6-4-5-7-12(11)18(21)23;1-5-13-8-6-7-11(2)15(13)17(14(18)9-16)12(3)10-19-4;1-11(2)14(10(15)9(12)13)6-8(17-11)7-4-3-5-16-7;1-11(9,10)3-2-4(6)5(7)8/h1,8-10H,4-7H2,2H3;6-8,12H,5,9-10H2,1-4H3;3-5,8-9H,6H2,1-2H3;4H,2-3,6H2,1H3,(H,7,8)(H,9,10). The van der Waals surface area contributed by atoms with Gasteiger partial charge in [0.25, 0.3) is 17.7 Å². The van der Waals surface area contributed by atoms with Gasteiger partial charge in [0.1, 0.15) is 41.1 Å². The number of anilines is 2. The maximum atomic E-state index is 14.4. The second kappa shape index (κ2) is 27.5. The van der Waals surface area contributed by atoms with Crippen LogP contribution in [0.1, 0.15) is 89.7 Å². The number of imide groups is 1. The van der Waals surface area contributed by atoms with Crippen molar-refractivity contribution in [1.82, 2.24) is 4.90 Å². The Hall–Kier alpha value is -4.47. The number of aliphatic carboxylic acids is 1. The Kier molecular flexibility index (Phi) is 23.6. The third-order valence-electron chi connectivity index (χ3n) is 11.3. The topological polar surface area (TPSA) is 219 Å². The van der Waals surface area contributed by atoms with Crippen LogP contribution in [-0.4, -0.2) is 112 Å². The maximum Gasteiger partial charge on any atom is 0.320 e. The Morgan fingerprint density at radius 2 is 1.72 bits per heavy atom. The van der Waals surface area contributed by atoms with Crippen molar-refractivity contribution in [1.29, 1.82) is 0 Å². The molecule has 2 aliphatic heterocycles. The first-order chi connectivity index (χ1) is 33.2. The molecule has 1 aromatic heterocycles. The number of halogens is 5. The molecule has 3 heterocycles. The normalized spacial score (nSPS) is 18.0. The Morgan fingerprint density at radius 3 is 2.21 bits per heavy atom. The van der Waals surface area contributed by atoms with Crippen LogP contribution in [0.2, 0.25) is 5.02 Å². The number of amides is 4. The summed E-state index contributed by atoms with van der Waals surface area (Å²) in [4.78, 5) is 71.1. The third-order valence-corrected chi connectivity index (χ3v) is 13.2. The molecule has 16 nitrogen and oxygen atoms in total. The van der Waals surface area contributed by atoms with Gasteiger partial charge in [-0.15, -0.1) is 18.0 Å². The van der Waals surface area contributed by atoms with Crippen LogP contribution in [0.3, 0.4) is 0 Å². The number of hydrogen-bond acceptors (Lipinski definition) is 11. The van der Waals surface area contributed by atoms with Crippen molar-refractivity contribution in [2.45, 2.75) is 115 Å². The van der Waals surface area contributed by atoms with Crippen LogP contribution in [0.25, 0.3) is 0 Å². The Labute approximate surface area is 434 Å². The molecule has 1 aliphatic carbocycles. The number of carboxylic acid groups (broad SMARTS) is 1. The van der Waals surface area contributed by atoms with Gasteiger partial charge in [-0.2, -0.15) is 0 Å². The molecular weight excluding hydrogens is 1030 g/mol. The Morgan fingerprint density at radius 1 is 1.10 bits per heavy atom. The van der Waals surface area contributed by atoms with E-state index in [-0.39, 0.29) is 58.9 Å². The summed E-state index contributed by atoms with van der Waals surface area (Å²) in [5.74, 6) is -0.108. The summed E-state index contributed by atoms with van der Waals surface area (Å²) in [6, 6.07) is 10.9. The van der Waals surface area contributed by atoms with Gasteiger partial charge in [-0.05, 0) is 102 Å². The Balaban J connectivity index is 0.000000259. The fourth-order valence-electron chi connectivity index (χ4n) is 7.72. The molecule has 0 radical (unpaired) electrons. The summed E-state index contributed by atoms with van der Waals surface area (Å²) in [7, 11) is -1.47. The highest BCUT2D eigenvalue weighted by molar-refractivity contribution is 7.57. The number of nitrogens with two attached hydrogens (primary N) is 1. The molecule has 3 aromatic rings. The number of methoxy groups -OCH3 is 1. The van der Waals surface area contributed by atoms with Crippen molar-refractivity contribution < 1.29 is 61.6 Å². The summed E-state index contributed by atoms with van der Waals surface area (Å²) in [5, 5.41) is 8.31. The van der Waals surface area contributed by atoms with Crippen molar-refractivity contribution in [3.8, 4) is 18.1 Å². The number of para-hydroxylation sites is 1. The first-order valence-electron chi connectivity index (χ1n) is 22.5.